The highest BCUT2D eigenvalue weighted by Gasteiger charge is 2.45. The molecule has 144 valence electrons. The zero-order chi connectivity index (χ0) is 19.1. The van der Waals surface area contributed by atoms with Crippen molar-refractivity contribution in [2.75, 3.05) is 31.1 Å². The van der Waals surface area contributed by atoms with Crippen molar-refractivity contribution in [1.29, 1.82) is 0 Å². The average molecular weight is 390 g/mol. The fraction of sp³-hybridized carbons (Fsp3) is 0.474. The van der Waals surface area contributed by atoms with Gasteiger partial charge in [0.1, 0.15) is 5.82 Å². The Hall–Kier alpha value is -2.06. The smallest absolute Gasteiger partial charge is 0.243 e. The molecule has 3 heterocycles. The lowest BCUT2D eigenvalue weighted by atomic mass is 9.79. The first kappa shape index (κ1) is 18.3. The van der Waals surface area contributed by atoms with Gasteiger partial charge in [-0.1, -0.05) is 0 Å². The number of rotatable bonds is 3. The number of hydrogen-bond acceptors (Lipinski definition) is 5. The molecular formula is C19H23FN4O2S. The number of halogens is 1. The summed E-state index contributed by atoms with van der Waals surface area (Å²) < 4.78 is 40.5. The summed E-state index contributed by atoms with van der Waals surface area (Å²) >= 11 is 0. The molecule has 2 aliphatic rings. The van der Waals surface area contributed by atoms with Crippen molar-refractivity contribution >= 4 is 15.8 Å². The van der Waals surface area contributed by atoms with Crippen LogP contribution in [-0.4, -0.2) is 49.1 Å². The highest BCUT2D eigenvalue weighted by molar-refractivity contribution is 7.89. The van der Waals surface area contributed by atoms with Gasteiger partial charge in [0.05, 0.1) is 10.6 Å². The van der Waals surface area contributed by atoms with Gasteiger partial charge in [0.25, 0.3) is 0 Å². The van der Waals surface area contributed by atoms with E-state index in [4.69, 9.17) is 0 Å². The summed E-state index contributed by atoms with van der Waals surface area (Å²) in [6.45, 7) is 4.57. The normalized spacial score (nSPS) is 23.9. The molecule has 2 aromatic rings. The van der Waals surface area contributed by atoms with E-state index in [0.29, 0.717) is 13.1 Å². The van der Waals surface area contributed by atoms with Crippen LogP contribution in [0.1, 0.15) is 25.0 Å². The van der Waals surface area contributed by atoms with Crippen molar-refractivity contribution in [1.82, 2.24) is 14.5 Å². The first-order valence-corrected chi connectivity index (χ1v) is 10.6. The van der Waals surface area contributed by atoms with Gasteiger partial charge in [-0.3, -0.25) is 0 Å². The second kappa shape index (κ2) is 6.83. The molecule has 0 saturated carbocycles. The Labute approximate surface area is 159 Å². The van der Waals surface area contributed by atoms with Gasteiger partial charge in [-0.15, -0.1) is 5.10 Å². The molecule has 0 N–H and O–H groups in total. The van der Waals surface area contributed by atoms with Crippen molar-refractivity contribution in [3.05, 3.63) is 47.9 Å². The molecule has 0 aliphatic carbocycles. The minimum atomic E-state index is -3.60. The van der Waals surface area contributed by atoms with E-state index in [0.717, 1.165) is 43.9 Å². The van der Waals surface area contributed by atoms with Crippen molar-refractivity contribution in [3.8, 4) is 0 Å². The van der Waals surface area contributed by atoms with Crippen molar-refractivity contribution in [2.45, 2.75) is 31.1 Å². The molecule has 0 amide bonds. The summed E-state index contributed by atoms with van der Waals surface area (Å²) in [5, 5.41) is 8.43. The van der Waals surface area contributed by atoms with Crippen LogP contribution in [0.3, 0.4) is 0 Å². The zero-order valence-corrected chi connectivity index (χ0v) is 16.1. The van der Waals surface area contributed by atoms with Crippen LogP contribution in [0, 0.1) is 18.2 Å². The second-order valence-electron chi connectivity index (χ2n) is 7.60. The predicted molar refractivity (Wildman–Crippen MR) is 100 cm³/mol. The summed E-state index contributed by atoms with van der Waals surface area (Å²) in [6.07, 6.45) is 2.82. The third-order valence-corrected chi connectivity index (χ3v) is 7.48. The number of aryl methyl sites for hydroxylation is 1. The maximum absolute atomic E-state index is 13.1. The van der Waals surface area contributed by atoms with Gasteiger partial charge in [0.2, 0.25) is 10.0 Å². The van der Waals surface area contributed by atoms with Crippen LogP contribution in [-0.2, 0) is 10.0 Å². The van der Waals surface area contributed by atoms with Gasteiger partial charge in [0.15, 0.2) is 5.82 Å². The Balaban J connectivity index is 1.52. The molecular weight excluding hydrogens is 367 g/mol. The molecule has 1 spiro atoms. The summed E-state index contributed by atoms with van der Waals surface area (Å²) in [7, 11) is -3.60. The summed E-state index contributed by atoms with van der Waals surface area (Å²) in [4.78, 5) is 2.36. The average Bonchev–Trinajstić information content (AvgIpc) is 3.07. The number of hydrogen-bond donors (Lipinski definition) is 0. The third-order valence-electron chi connectivity index (χ3n) is 5.62. The molecule has 6 nitrogen and oxygen atoms in total. The Morgan fingerprint density at radius 3 is 2.48 bits per heavy atom. The Bertz CT molecular complexity index is 918. The lowest BCUT2D eigenvalue weighted by molar-refractivity contribution is 0.246. The first-order chi connectivity index (χ1) is 12.9. The Morgan fingerprint density at radius 2 is 1.78 bits per heavy atom. The van der Waals surface area contributed by atoms with E-state index in [-0.39, 0.29) is 10.3 Å². The standard InChI is InChI=1S/C19H23FN4O2S/c1-15-3-8-18(22-21-15)23-11-2-9-19(13-23)10-12-24(14-19)27(25,26)17-6-4-16(20)5-7-17/h3-8H,2,9-14H2,1H3. The number of aromatic nitrogens is 2. The summed E-state index contributed by atoms with van der Waals surface area (Å²) in [5.74, 6) is 0.411. The first-order valence-electron chi connectivity index (χ1n) is 9.19. The van der Waals surface area contributed by atoms with Gasteiger partial charge in [-0.05, 0) is 62.6 Å². The van der Waals surface area contributed by atoms with Gasteiger partial charge >= 0.3 is 0 Å². The van der Waals surface area contributed by atoms with Crippen molar-refractivity contribution < 1.29 is 12.8 Å². The molecule has 27 heavy (non-hydrogen) atoms. The number of piperidine rings is 1. The van der Waals surface area contributed by atoms with Crippen molar-refractivity contribution in [3.63, 3.8) is 0 Å². The molecule has 1 atom stereocenters. The van der Waals surface area contributed by atoms with E-state index < -0.39 is 15.8 Å². The van der Waals surface area contributed by atoms with E-state index in [9.17, 15) is 12.8 Å². The lowest BCUT2D eigenvalue weighted by Crippen LogP contribution is -2.45. The maximum atomic E-state index is 13.1. The topological polar surface area (TPSA) is 66.4 Å². The molecule has 2 saturated heterocycles. The number of sulfonamides is 1. The van der Waals surface area contributed by atoms with E-state index in [1.807, 2.05) is 19.1 Å². The number of benzene rings is 1. The van der Waals surface area contributed by atoms with Gasteiger partial charge < -0.3 is 4.90 Å². The van der Waals surface area contributed by atoms with Crippen LogP contribution >= 0.6 is 0 Å². The molecule has 1 aromatic carbocycles. The van der Waals surface area contributed by atoms with Gasteiger partial charge in [-0.2, -0.15) is 9.40 Å². The van der Waals surface area contributed by atoms with E-state index >= 15 is 0 Å². The fourth-order valence-corrected chi connectivity index (χ4v) is 5.71. The van der Waals surface area contributed by atoms with Crippen LogP contribution in [0.2, 0.25) is 0 Å². The lowest BCUT2D eigenvalue weighted by Gasteiger charge is -2.40. The van der Waals surface area contributed by atoms with Gasteiger partial charge in [0, 0.05) is 31.6 Å². The van der Waals surface area contributed by atoms with Crippen LogP contribution in [0.5, 0.6) is 0 Å². The largest absolute Gasteiger partial charge is 0.355 e. The second-order valence-corrected chi connectivity index (χ2v) is 9.54. The molecule has 0 radical (unpaired) electrons. The Morgan fingerprint density at radius 1 is 1.00 bits per heavy atom. The van der Waals surface area contributed by atoms with E-state index in [1.165, 1.54) is 24.3 Å². The minimum absolute atomic E-state index is 0.0715. The van der Waals surface area contributed by atoms with E-state index in [2.05, 4.69) is 15.1 Å². The highest BCUT2D eigenvalue weighted by atomic mass is 32.2. The van der Waals surface area contributed by atoms with Crippen LogP contribution in [0.25, 0.3) is 0 Å². The van der Waals surface area contributed by atoms with Crippen LogP contribution in [0.15, 0.2) is 41.3 Å². The fourth-order valence-electron chi connectivity index (χ4n) is 4.15. The molecule has 0 bridgehead atoms. The van der Waals surface area contributed by atoms with Crippen LogP contribution < -0.4 is 4.90 Å². The maximum Gasteiger partial charge on any atom is 0.243 e. The molecule has 2 fully saturated rings. The predicted octanol–water partition coefficient (Wildman–Crippen LogP) is 2.61. The summed E-state index contributed by atoms with van der Waals surface area (Å²) in [6, 6.07) is 8.98. The highest BCUT2D eigenvalue weighted by Crippen LogP contribution is 2.41. The molecule has 1 aromatic heterocycles. The van der Waals surface area contributed by atoms with Crippen LogP contribution in [0.4, 0.5) is 10.2 Å². The quantitative estimate of drug-likeness (QED) is 0.806. The molecule has 4 rings (SSSR count). The molecule has 1 unspecified atom stereocenters. The van der Waals surface area contributed by atoms with Gasteiger partial charge in [-0.25, -0.2) is 12.8 Å². The molecule has 2 aliphatic heterocycles. The third kappa shape index (κ3) is 3.55. The Kier molecular flexibility index (Phi) is 4.63. The summed E-state index contributed by atoms with van der Waals surface area (Å²) in [5.41, 5.74) is 0.806. The SMILES string of the molecule is Cc1ccc(N2CCCC3(CCN(S(=O)(=O)c4ccc(F)cc4)C3)C2)nn1. The minimum Gasteiger partial charge on any atom is -0.355 e. The number of nitrogens with zero attached hydrogens (tertiary/aromatic N) is 4. The number of anilines is 1. The van der Waals surface area contributed by atoms with E-state index in [1.54, 1.807) is 4.31 Å². The zero-order valence-electron chi connectivity index (χ0n) is 15.3. The monoisotopic (exact) mass is 390 g/mol. The van der Waals surface area contributed by atoms with Crippen molar-refractivity contribution in [2.24, 2.45) is 5.41 Å². The molecule has 8 heteroatoms.